The molecule has 5 heteroatoms. The second-order valence-electron chi connectivity index (χ2n) is 1.44. The third-order valence-corrected chi connectivity index (χ3v) is 0.986. The molecule has 0 saturated carbocycles. The van der Waals surface area contributed by atoms with Crippen LogP contribution >= 0.6 is 11.6 Å². The second kappa shape index (κ2) is 2.58. The fourth-order valence-corrected chi connectivity index (χ4v) is 0.557. The fraction of sp³-hybridized carbons (Fsp3) is 0. The van der Waals surface area contributed by atoms with Gasteiger partial charge in [-0.3, -0.25) is 0 Å². The van der Waals surface area contributed by atoms with E-state index in [1.165, 1.54) is 6.07 Å². The van der Waals surface area contributed by atoms with Gasteiger partial charge in [0.1, 0.15) is 11.2 Å². The van der Waals surface area contributed by atoms with Gasteiger partial charge >= 0.3 is 0 Å². The topological polar surface area (TPSA) is 49.6 Å². The average molecular weight is 158 g/mol. The number of rotatable bonds is 0. The Morgan fingerprint density at radius 3 is 2.90 bits per heavy atom. The van der Waals surface area contributed by atoms with E-state index < -0.39 is 5.95 Å². The van der Waals surface area contributed by atoms with E-state index >= 15 is 0 Å². The molecule has 0 aliphatic heterocycles. The predicted octanol–water partition coefficient (Wildman–Crippen LogP) is 1.14. The highest BCUT2D eigenvalue weighted by Crippen LogP contribution is 2.04. The highest BCUT2D eigenvalue weighted by Gasteiger charge is 2.03. The number of hydrogen-bond acceptors (Lipinski definition) is 3. The molecule has 0 spiro atoms. The number of nitrogens with zero attached hydrogens (tertiary/aromatic N) is 3. The zero-order valence-electron chi connectivity index (χ0n) is 4.67. The first-order valence-corrected chi connectivity index (χ1v) is 2.70. The molecule has 0 unspecified atom stereocenters. The minimum Gasteiger partial charge on any atom is -0.223 e. The number of nitriles is 1. The predicted molar refractivity (Wildman–Crippen MR) is 31.7 cm³/mol. The molecule has 10 heavy (non-hydrogen) atoms. The molecule has 0 amide bonds. The van der Waals surface area contributed by atoms with Crippen LogP contribution in [-0.4, -0.2) is 9.97 Å². The standard InChI is InChI=1S/C5HClFN3/c6-4-2-9-5(7)3(1-8)10-4/h2H. The summed E-state index contributed by atoms with van der Waals surface area (Å²) in [6, 6.07) is 1.50. The van der Waals surface area contributed by atoms with Crippen molar-refractivity contribution in [2.24, 2.45) is 0 Å². The first kappa shape index (κ1) is 6.90. The van der Waals surface area contributed by atoms with E-state index in [0.717, 1.165) is 6.20 Å². The lowest BCUT2D eigenvalue weighted by atomic mass is 10.5. The van der Waals surface area contributed by atoms with Gasteiger partial charge in [0.2, 0.25) is 5.95 Å². The van der Waals surface area contributed by atoms with E-state index in [9.17, 15) is 4.39 Å². The van der Waals surface area contributed by atoms with Crippen LogP contribution in [-0.2, 0) is 0 Å². The van der Waals surface area contributed by atoms with Gasteiger partial charge in [-0.15, -0.1) is 0 Å². The van der Waals surface area contributed by atoms with E-state index in [4.69, 9.17) is 16.9 Å². The third kappa shape index (κ3) is 1.20. The SMILES string of the molecule is N#Cc1nc(Cl)cnc1F. The largest absolute Gasteiger partial charge is 0.249 e. The van der Waals surface area contributed by atoms with Crippen molar-refractivity contribution in [3.8, 4) is 6.07 Å². The van der Waals surface area contributed by atoms with Gasteiger partial charge in [0.15, 0.2) is 5.69 Å². The Morgan fingerprint density at radius 1 is 1.70 bits per heavy atom. The summed E-state index contributed by atoms with van der Waals surface area (Å²) in [7, 11) is 0. The van der Waals surface area contributed by atoms with E-state index in [1.54, 1.807) is 0 Å². The first-order valence-electron chi connectivity index (χ1n) is 2.32. The Balaban J connectivity index is 3.25. The van der Waals surface area contributed by atoms with Gasteiger partial charge in [-0.25, -0.2) is 9.97 Å². The van der Waals surface area contributed by atoms with Crippen LogP contribution < -0.4 is 0 Å². The van der Waals surface area contributed by atoms with Crippen LogP contribution in [0.1, 0.15) is 5.69 Å². The summed E-state index contributed by atoms with van der Waals surface area (Å²) in [6.45, 7) is 0. The van der Waals surface area contributed by atoms with Crippen molar-refractivity contribution >= 4 is 11.6 Å². The highest BCUT2D eigenvalue weighted by atomic mass is 35.5. The average Bonchev–Trinajstić information content (AvgIpc) is 1.94. The molecule has 0 N–H and O–H groups in total. The zero-order valence-corrected chi connectivity index (χ0v) is 5.43. The van der Waals surface area contributed by atoms with Crippen molar-refractivity contribution in [3.05, 3.63) is 23.0 Å². The summed E-state index contributed by atoms with van der Waals surface area (Å²) in [4.78, 5) is 6.52. The van der Waals surface area contributed by atoms with Gasteiger partial charge in [-0.2, -0.15) is 9.65 Å². The summed E-state index contributed by atoms with van der Waals surface area (Å²) in [5.41, 5.74) is -0.382. The van der Waals surface area contributed by atoms with E-state index in [-0.39, 0.29) is 10.8 Å². The summed E-state index contributed by atoms with van der Waals surface area (Å²) >= 11 is 5.30. The third-order valence-electron chi connectivity index (χ3n) is 0.804. The smallest absolute Gasteiger partial charge is 0.223 e. The van der Waals surface area contributed by atoms with Crippen molar-refractivity contribution in [1.82, 2.24) is 9.97 Å². The van der Waals surface area contributed by atoms with E-state index in [1.807, 2.05) is 0 Å². The maximum absolute atomic E-state index is 12.3. The molecule has 0 aromatic carbocycles. The molecule has 0 fully saturated rings. The molecule has 0 saturated heterocycles. The molecule has 0 radical (unpaired) electrons. The fourth-order valence-electron chi connectivity index (χ4n) is 0.424. The Labute approximate surface area is 61.1 Å². The molecule has 1 rings (SSSR count). The van der Waals surface area contributed by atoms with Crippen LogP contribution in [0.5, 0.6) is 0 Å². The Kier molecular flexibility index (Phi) is 1.78. The van der Waals surface area contributed by atoms with Gasteiger partial charge in [-0.1, -0.05) is 11.6 Å². The lowest BCUT2D eigenvalue weighted by Crippen LogP contribution is -1.92. The Hall–Kier alpha value is -1.21. The van der Waals surface area contributed by atoms with Crippen molar-refractivity contribution < 1.29 is 4.39 Å². The molecule has 1 aromatic rings. The lowest BCUT2D eigenvalue weighted by molar-refractivity contribution is 0.572. The summed E-state index contributed by atoms with van der Waals surface area (Å²) < 4.78 is 12.3. The first-order chi connectivity index (χ1) is 4.74. The molecule has 1 heterocycles. The maximum atomic E-state index is 12.3. The minimum absolute atomic E-state index is 0.0120. The van der Waals surface area contributed by atoms with E-state index in [0.29, 0.717) is 0 Å². The lowest BCUT2D eigenvalue weighted by Gasteiger charge is -1.89. The van der Waals surface area contributed by atoms with Crippen molar-refractivity contribution in [1.29, 1.82) is 5.26 Å². The van der Waals surface area contributed by atoms with Crippen LogP contribution in [0, 0.1) is 17.3 Å². The molecule has 0 aliphatic carbocycles. The van der Waals surface area contributed by atoms with Gasteiger partial charge in [0, 0.05) is 0 Å². The van der Waals surface area contributed by atoms with Gasteiger partial charge in [0.25, 0.3) is 0 Å². The van der Waals surface area contributed by atoms with Crippen LogP contribution in [0.25, 0.3) is 0 Å². The van der Waals surface area contributed by atoms with E-state index in [2.05, 4.69) is 9.97 Å². The minimum atomic E-state index is -0.896. The molecule has 0 atom stereocenters. The molecule has 1 aromatic heterocycles. The van der Waals surface area contributed by atoms with Gasteiger partial charge in [0.05, 0.1) is 6.20 Å². The van der Waals surface area contributed by atoms with Crippen LogP contribution in [0.3, 0.4) is 0 Å². The number of halogens is 2. The second-order valence-corrected chi connectivity index (χ2v) is 1.83. The van der Waals surface area contributed by atoms with Gasteiger partial charge in [-0.05, 0) is 0 Å². The normalized spacial score (nSPS) is 8.90. The molecule has 0 bridgehead atoms. The monoisotopic (exact) mass is 157 g/mol. The van der Waals surface area contributed by atoms with Crippen LogP contribution in [0.2, 0.25) is 5.15 Å². The van der Waals surface area contributed by atoms with Gasteiger partial charge < -0.3 is 0 Å². The molecule has 0 aliphatic rings. The summed E-state index contributed by atoms with van der Waals surface area (Å²) in [5, 5.41) is 8.20. The van der Waals surface area contributed by atoms with Crippen LogP contribution in [0.4, 0.5) is 4.39 Å². The molecular formula is C5HClFN3. The van der Waals surface area contributed by atoms with Crippen LogP contribution in [0.15, 0.2) is 6.20 Å². The molecular weight excluding hydrogens is 157 g/mol. The Bertz CT molecular complexity index is 293. The number of hydrogen-bond donors (Lipinski definition) is 0. The van der Waals surface area contributed by atoms with Crippen molar-refractivity contribution in [3.63, 3.8) is 0 Å². The quantitative estimate of drug-likeness (QED) is 0.568. The summed E-state index contributed by atoms with van der Waals surface area (Å²) in [6.07, 6.45) is 1.04. The highest BCUT2D eigenvalue weighted by molar-refractivity contribution is 6.29. The zero-order chi connectivity index (χ0) is 7.56. The maximum Gasteiger partial charge on any atom is 0.249 e. The van der Waals surface area contributed by atoms with Crippen molar-refractivity contribution in [2.45, 2.75) is 0 Å². The summed E-state index contributed by atoms with van der Waals surface area (Å²) in [5.74, 6) is -0.896. The molecule has 50 valence electrons. The number of aromatic nitrogens is 2. The van der Waals surface area contributed by atoms with Crippen molar-refractivity contribution in [2.75, 3.05) is 0 Å². The molecule has 3 nitrogen and oxygen atoms in total. The Morgan fingerprint density at radius 2 is 2.40 bits per heavy atom.